The average Bonchev–Trinajstić information content (AvgIpc) is 2.96. The van der Waals surface area contributed by atoms with Gasteiger partial charge in [0.15, 0.2) is 0 Å². The fraction of sp³-hybridized carbons (Fsp3) is 0.538. The molecule has 0 spiro atoms. The molecule has 0 saturated carbocycles. The molecule has 1 saturated heterocycles. The highest BCUT2D eigenvalue weighted by molar-refractivity contribution is 8.08. The summed E-state index contributed by atoms with van der Waals surface area (Å²) < 4.78 is 36.1. The third-order valence-electron chi connectivity index (χ3n) is 2.17. The van der Waals surface area contributed by atoms with Gasteiger partial charge in [0.25, 0.3) is 0 Å². The Morgan fingerprint density at radius 3 is 1.72 bits per heavy atom. The fourth-order valence-electron chi connectivity index (χ4n) is 1.19. The number of benzene rings is 1. The summed E-state index contributed by atoms with van der Waals surface area (Å²) in [6.07, 6.45) is 0. The van der Waals surface area contributed by atoms with Crippen LogP contribution in [0.25, 0.3) is 0 Å². The van der Waals surface area contributed by atoms with Gasteiger partial charge < -0.3 is 5.73 Å². The van der Waals surface area contributed by atoms with Crippen LogP contribution in [0.15, 0.2) is 24.3 Å². The van der Waals surface area contributed by atoms with Crippen LogP contribution in [0.5, 0.6) is 0 Å². The smallest absolute Gasteiger partial charge is 0.306 e. The minimum Gasteiger partial charge on any atom is -0.333 e. The molecule has 0 amide bonds. The van der Waals surface area contributed by atoms with Crippen LogP contribution >= 0.6 is 11.8 Å². The summed E-state index contributed by atoms with van der Waals surface area (Å²) in [5.41, 5.74) is 5.59. The number of alkyl halides is 2. The number of thioether (sulfide) groups is 1. The summed E-state index contributed by atoms with van der Waals surface area (Å²) in [5.74, 6) is -0.0504. The van der Waals surface area contributed by atoms with E-state index in [2.05, 4.69) is 5.73 Å². The van der Waals surface area contributed by atoms with Crippen molar-refractivity contribution in [3.05, 3.63) is 35.6 Å². The maximum Gasteiger partial charge on any atom is 0.306 e. The lowest BCUT2D eigenvalue weighted by molar-refractivity contribution is 0.132. The minimum atomic E-state index is -2.39. The van der Waals surface area contributed by atoms with E-state index in [0.29, 0.717) is 0 Å². The molecular weight excluding hydrogens is 259 g/mol. The van der Waals surface area contributed by atoms with Crippen LogP contribution in [0.3, 0.4) is 0 Å². The second-order valence-electron chi connectivity index (χ2n) is 4.14. The van der Waals surface area contributed by atoms with Gasteiger partial charge in [0.05, 0.1) is 5.25 Å². The number of nitrogens with two attached hydrogens (primary N) is 1. The van der Waals surface area contributed by atoms with E-state index in [0.717, 1.165) is 17.3 Å². The van der Waals surface area contributed by atoms with E-state index in [-0.39, 0.29) is 11.7 Å². The molecule has 0 bridgehead atoms. The van der Waals surface area contributed by atoms with Gasteiger partial charge >= 0.3 is 5.25 Å². The molecule has 0 aromatic heterocycles. The van der Waals surface area contributed by atoms with E-state index in [1.165, 1.54) is 19.2 Å². The Morgan fingerprint density at radius 2 is 1.56 bits per heavy atom. The van der Waals surface area contributed by atoms with Crippen LogP contribution in [0.2, 0.25) is 0 Å². The number of rotatable bonds is 1. The van der Waals surface area contributed by atoms with Crippen molar-refractivity contribution in [1.29, 1.82) is 0 Å². The summed E-state index contributed by atoms with van der Waals surface area (Å²) in [6, 6.07) is 6.40. The van der Waals surface area contributed by atoms with Crippen molar-refractivity contribution in [1.82, 2.24) is 0 Å². The summed E-state index contributed by atoms with van der Waals surface area (Å²) in [6.45, 7) is 5.57. The predicted molar refractivity (Wildman–Crippen MR) is 72.4 cm³/mol. The molecule has 5 heteroatoms. The quantitative estimate of drug-likeness (QED) is 0.785. The molecule has 18 heavy (non-hydrogen) atoms. The third kappa shape index (κ3) is 6.31. The van der Waals surface area contributed by atoms with Crippen molar-refractivity contribution in [2.45, 2.75) is 31.3 Å². The first kappa shape index (κ1) is 17.3. The molecule has 1 nitrogen and oxygen atoms in total. The van der Waals surface area contributed by atoms with Gasteiger partial charge in [0.2, 0.25) is 0 Å². The Kier molecular flexibility index (Phi) is 7.40. The van der Waals surface area contributed by atoms with E-state index in [1.54, 1.807) is 12.1 Å². The predicted octanol–water partition coefficient (Wildman–Crippen LogP) is 4.06. The minimum absolute atomic E-state index is 0.120. The number of aryl methyl sites for hydroxylation is 1. The highest BCUT2D eigenvalue weighted by Gasteiger charge is 2.59. The Balaban J connectivity index is 0.000000283. The van der Waals surface area contributed by atoms with Crippen molar-refractivity contribution in [3.8, 4) is 0 Å². The Labute approximate surface area is 111 Å². The van der Waals surface area contributed by atoms with Crippen molar-refractivity contribution < 1.29 is 13.2 Å². The van der Waals surface area contributed by atoms with Gasteiger partial charge in [-0.3, -0.25) is 0 Å². The van der Waals surface area contributed by atoms with Gasteiger partial charge in [-0.05, 0) is 32.0 Å². The van der Waals surface area contributed by atoms with Crippen LogP contribution in [0, 0.1) is 18.7 Å². The van der Waals surface area contributed by atoms with Crippen molar-refractivity contribution >= 4 is 11.8 Å². The average molecular weight is 279 g/mol. The van der Waals surface area contributed by atoms with Gasteiger partial charge in [0.1, 0.15) is 5.82 Å². The second kappa shape index (κ2) is 7.69. The lowest BCUT2D eigenvalue weighted by atomic mass is 10.1. The molecule has 2 N–H and O–H groups in total. The van der Waals surface area contributed by atoms with Crippen LogP contribution < -0.4 is 5.73 Å². The monoisotopic (exact) mass is 279 g/mol. The van der Waals surface area contributed by atoms with Crippen LogP contribution in [-0.2, 0) is 0 Å². The molecule has 0 radical (unpaired) electrons. The standard InChI is InChI=1S/C7H7F.C5H8F2S.CH5N/c1-6-2-4-7(8)5-3-6;1-3(2)4-5(6,7)8-4;1-2/h2-5H,1H3;3-4H,1-2H3;2H2,1H3. The van der Waals surface area contributed by atoms with E-state index < -0.39 is 10.5 Å². The number of hydrogen-bond acceptors (Lipinski definition) is 2. The molecule has 1 heterocycles. The van der Waals surface area contributed by atoms with E-state index in [1.807, 2.05) is 20.8 Å². The SMILES string of the molecule is CC(C)C1SC1(F)F.CN.Cc1ccc(F)cc1. The van der Waals surface area contributed by atoms with Crippen molar-refractivity contribution in [2.24, 2.45) is 11.7 Å². The largest absolute Gasteiger partial charge is 0.333 e. The van der Waals surface area contributed by atoms with Crippen LogP contribution in [0.1, 0.15) is 19.4 Å². The summed E-state index contributed by atoms with van der Waals surface area (Å²) in [4.78, 5) is 0. The molecule has 104 valence electrons. The molecule has 1 aromatic carbocycles. The lowest BCUT2D eigenvalue weighted by Crippen LogP contribution is -2.05. The zero-order valence-electron chi connectivity index (χ0n) is 11.1. The van der Waals surface area contributed by atoms with Crippen molar-refractivity contribution in [3.63, 3.8) is 0 Å². The summed E-state index contributed by atoms with van der Waals surface area (Å²) >= 11 is 0.769. The number of halogens is 3. The fourth-order valence-corrected chi connectivity index (χ4v) is 2.01. The molecule has 1 fully saturated rings. The Bertz CT molecular complexity index is 318. The van der Waals surface area contributed by atoms with Gasteiger partial charge in [0, 0.05) is 0 Å². The molecule has 1 atom stereocenters. The highest BCUT2D eigenvalue weighted by atomic mass is 32.2. The lowest BCUT2D eigenvalue weighted by Gasteiger charge is -1.96. The Hall–Kier alpha value is -0.680. The normalized spacial score (nSPS) is 19.3. The molecule has 2 rings (SSSR count). The van der Waals surface area contributed by atoms with Gasteiger partial charge in [-0.15, -0.1) is 0 Å². The van der Waals surface area contributed by atoms with Crippen molar-refractivity contribution in [2.75, 3.05) is 7.05 Å². The maximum absolute atomic E-state index is 12.1. The van der Waals surface area contributed by atoms with Gasteiger partial charge in [-0.2, -0.15) is 8.78 Å². The maximum atomic E-state index is 12.1. The zero-order chi connectivity index (χ0) is 14.3. The summed E-state index contributed by atoms with van der Waals surface area (Å²) in [5, 5.41) is -2.80. The molecule has 1 unspecified atom stereocenters. The zero-order valence-corrected chi connectivity index (χ0v) is 11.9. The topological polar surface area (TPSA) is 26.0 Å². The Morgan fingerprint density at radius 1 is 1.17 bits per heavy atom. The molecule has 1 aromatic rings. The third-order valence-corrected chi connectivity index (χ3v) is 3.58. The first-order valence-corrected chi connectivity index (χ1v) is 6.56. The molecule has 1 aliphatic heterocycles. The summed E-state index contributed by atoms with van der Waals surface area (Å²) in [7, 11) is 1.50. The first-order valence-electron chi connectivity index (χ1n) is 5.68. The van der Waals surface area contributed by atoms with Gasteiger partial charge in [-0.1, -0.05) is 43.3 Å². The second-order valence-corrected chi connectivity index (χ2v) is 5.43. The van der Waals surface area contributed by atoms with Crippen LogP contribution in [-0.4, -0.2) is 17.6 Å². The van der Waals surface area contributed by atoms with Gasteiger partial charge in [-0.25, -0.2) is 4.39 Å². The molecular formula is C13H20F3NS. The van der Waals surface area contributed by atoms with E-state index in [4.69, 9.17) is 0 Å². The first-order chi connectivity index (χ1) is 8.33. The van der Waals surface area contributed by atoms with E-state index in [9.17, 15) is 13.2 Å². The highest BCUT2D eigenvalue weighted by Crippen LogP contribution is 2.59. The number of hydrogen-bond donors (Lipinski definition) is 1. The molecule has 1 aliphatic rings. The van der Waals surface area contributed by atoms with Crippen LogP contribution in [0.4, 0.5) is 13.2 Å². The van der Waals surface area contributed by atoms with E-state index >= 15 is 0 Å². The molecule has 0 aliphatic carbocycles.